The number of nitrogens with one attached hydrogen (secondary N) is 1. The molecule has 0 aliphatic carbocycles. The molecule has 3 aromatic rings. The lowest BCUT2D eigenvalue weighted by atomic mass is 10.2. The Hall–Kier alpha value is -3.56. The van der Waals surface area contributed by atoms with Crippen LogP contribution in [0.4, 0.5) is 0 Å². The van der Waals surface area contributed by atoms with E-state index in [1.165, 1.54) is 37.6 Å². The molecule has 0 unspecified atom stereocenters. The summed E-state index contributed by atoms with van der Waals surface area (Å²) in [6, 6.07) is 15.5. The second-order valence-electron chi connectivity index (χ2n) is 7.04. The average molecular weight is 503 g/mol. The van der Waals surface area contributed by atoms with Crippen LogP contribution in [0.3, 0.4) is 0 Å². The molecule has 0 saturated heterocycles. The molecule has 10 heteroatoms. The van der Waals surface area contributed by atoms with Gasteiger partial charge in [-0.2, -0.15) is 13.5 Å². The van der Waals surface area contributed by atoms with Gasteiger partial charge in [-0.1, -0.05) is 29.3 Å². The fourth-order valence-corrected chi connectivity index (χ4v) is 4.07. The summed E-state index contributed by atoms with van der Waals surface area (Å²) in [5.41, 5.74) is 4.19. The van der Waals surface area contributed by atoms with Crippen molar-refractivity contribution in [2.45, 2.75) is 18.7 Å². The number of carbonyl (C=O) groups is 1. The molecule has 178 valence electrons. The molecule has 0 aliphatic heterocycles. The van der Waals surface area contributed by atoms with Crippen molar-refractivity contribution >= 4 is 33.8 Å². The van der Waals surface area contributed by atoms with Crippen LogP contribution in [-0.4, -0.2) is 34.3 Å². The Kier molecular flexibility index (Phi) is 8.14. The number of amides is 1. The van der Waals surface area contributed by atoms with Crippen LogP contribution in [0.25, 0.3) is 0 Å². The summed E-state index contributed by atoms with van der Waals surface area (Å²) in [6.07, 6.45) is 1.37. The largest absolute Gasteiger partial charge is 0.493 e. The molecule has 34 heavy (non-hydrogen) atoms. The second kappa shape index (κ2) is 11.0. The Morgan fingerprint density at radius 1 is 1.03 bits per heavy atom. The van der Waals surface area contributed by atoms with Gasteiger partial charge in [0.15, 0.2) is 17.2 Å². The Morgan fingerprint density at radius 2 is 1.74 bits per heavy atom. The number of carbonyl (C=O) groups excluding carboxylic acids is 1. The third-order valence-corrected chi connectivity index (χ3v) is 6.11. The second-order valence-corrected chi connectivity index (χ2v) is 8.99. The molecule has 0 radical (unpaired) electrons. The van der Waals surface area contributed by atoms with E-state index in [9.17, 15) is 13.2 Å². The van der Waals surface area contributed by atoms with Gasteiger partial charge in [-0.05, 0) is 67.9 Å². The van der Waals surface area contributed by atoms with Crippen LogP contribution in [0.2, 0.25) is 5.02 Å². The van der Waals surface area contributed by atoms with Gasteiger partial charge in [0.2, 0.25) is 0 Å². The molecule has 0 fully saturated rings. The molecule has 0 atom stereocenters. The molecule has 1 amide bonds. The maximum absolute atomic E-state index is 12.5. The van der Waals surface area contributed by atoms with Crippen LogP contribution in [0, 0.1) is 6.92 Å². The van der Waals surface area contributed by atoms with Crippen molar-refractivity contribution in [1.82, 2.24) is 5.43 Å². The van der Waals surface area contributed by atoms with Gasteiger partial charge in [-0.15, -0.1) is 0 Å². The number of methoxy groups -OCH3 is 1. The molecular weight excluding hydrogens is 480 g/mol. The average Bonchev–Trinajstić information content (AvgIpc) is 2.81. The summed E-state index contributed by atoms with van der Waals surface area (Å²) in [6.45, 7) is 4.17. The minimum Gasteiger partial charge on any atom is -0.493 e. The van der Waals surface area contributed by atoms with E-state index in [4.69, 9.17) is 25.3 Å². The minimum atomic E-state index is -4.03. The highest BCUT2D eigenvalue weighted by Crippen LogP contribution is 2.29. The van der Waals surface area contributed by atoms with E-state index < -0.39 is 16.0 Å². The fraction of sp³-hybridized carbons (Fsp3) is 0.167. The lowest BCUT2D eigenvalue weighted by Gasteiger charge is -2.10. The smallest absolute Gasteiger partial charge is 0.339 e. The van der Waals surface area contributed by atoms with E-state index >= 15 is 0 Å². The monoisotopic (exact) mass is 502 g/mol. The third kappa shape index (κ3) is 6.27. The van der Waals surface area contributed by atoms with E-state index in [0.717, 1.165) is 5.56 Å². The molecule has 1 N–H and O–H groups in total. The van der Waals surface area contributed by atoms with Crippen LogP contribution in [0.1, 0.15) is 28.4 Å². The minimum absolute atomic E-state index is 0.0217. The van der Waals surface area contributed by atoms with Gasteiger partial charge in [0.25, 0.3) is 5.91 Å². The van der Waals surface area contributed by atoms with Crippen LogP contribution in [0.15, 0.2) is 70.7 Å². The lowest BCUT2D eigenvalue weighted by molar-refractivity contribution is 0.0954. The number of benzene rings is 3. The van der Waals surface area contributed by atoms with Gasteiger partial charge in [0.1, 0.15) is 4.90 Å². The summed E-state index contributed by atoms with van der Waals surface area (Å²) in [5.74, 6) is 0.491. The summed E-state index contributed by atoms with van der Waals surface area (Å²) in [4.78, 5) is 12.4. The number of ether oxygens (including phenoxy) is 2. The first kappa shape index (κ1) is 25.1. The van der Waals surface area contributed by atoms with Crippen LogP contribution < -0.4 is 19.1 Å². The van der Waals surface area contributed by atoms with E-state index in [1.807, 2.05) is 13.8 Å². The first-order chi connectivity index (χ1) is 16.2. The normalized spacial score (nSPS) is 11.3. The molecule has 0 aliphatic rings. The molecule has 0 aromatic heterocycles. The van der Waals surface area contributed by atoms with Crippen molar-refractivity contribution in [3.63, 3.8) is 0 Å². The van der Waals surface area contributed by atoms with Crippen molar-refractivity contribution in [1.29, 1.82) is 0 Å². The highest BCUT2D eigenvalue weighted by Gasteiger charge is 2.18. The molecule has 0 heterocycles. The van der Waals surface area contributed by atoms with Crippen LogP contribution in [0.5, 0.6) is 17.2 Å². The standard InChI is InChI=1S/C24H23ClN2O6S/c1-4-32-22-12-8-18(14-23(22)31-3)24(28)27-26-15-17-7-11-21(20(25)13-17)33-34(29,30)19-9-5-16(2)6-10-19/h5-15H,4H2,1-3H3,(H,27,28)/b26-15+. The summed E-state index contributed by atoms with van der Waals surface area (Å²) in [7, 11) is -2.54. The SMILES string of the molecule is CCOc1ccc(C(=O)N/N=C/c2ccc(OS(=O)(=O)c3ccc(C)cc3)c(Cl)c2)cc1OC. The van der Waals surface area contributed by atoms with Crippen molar-refractivity contribution in [3.05, 3.63) is 82.4 Å². The van der Waals surface area contributed by atoms with Crippen molar-refractivity contribution < 1.29 is 26.9 Å². The fourth-order valence-electron chi connectivity index (χ4n) is 2.85. The first-order valence-electron chi connectivity index (χ1n) is 10.2. The molecule has 0 bridgehead atoms. The Bertz CT molecular complexity index is 1310. The Labute approximate surface area is 203 Å². The number of nitrogens with zero attached hydrogens (tertiary/aromatic N) is 1. The van der Waals surface area contributed by atoms with Crippen LogP contribution >= 0.6 is 11.6 Å². The quantitative estimate of drug-likeness (QED) is 0.261. The van der Waals surface area contributed by atoms with Gasteiger partial charge >= 0.3 is 10.1 Å². The van der Waals surface area contributed by atoms with E-state index in [2.05, 4.69) is 10.5 Å². The highest BCUT2D eigenvalue weighted by atomic mass is 35.5. The lowest BCUT2D eigenvalue weighted by Crippen LogP contribution is -2.17. The number of hydrogen-bond donors (Lipinski definition) is 1. The predicted octanol–water partition coefficient (Wildman–Crippen LogP) is 4.59. The van der Waals surface area contributed by atoms with Gasteiger partial charge in [-0.3, -0.25) is 4.79 Å². The third-order valence-electron chi connectivity index (χ3n) is 4.57. The molecule has 3 aromatic carbocycles. The van der Waals surface area contributed by atoms with E-state index in [0.29, 0.717) is 29.2 Å². The van der Waals surface area contributed by atoms with Crippen molar-refractivity contribution in [2.24, 2.45) is 5.10 Å². The summed E-state index contributed by atoms with van der Waals surface area (Å²) < 4.78 is 40.8. The zero-order valence-corrected chi connectivity index (χ0v) is 20.3. The predicted molar refractivity (Wildman–Crippen MR) is 130 cm³/mol. The van der Waals surface area contributed by atoms with Gasteiger partial charge < -0.3 is 13.7 Å². The number of halogens is 1. The Morgan fingerprint density at radius 3 is 2.38 bits per heavy atom. The van der Waals surface area contributed by atoms with E-state index in [-0.39, 0.29) is 15.7 Å². The molecule has 0 spiro atoms. The molecule has 0 saturated carbocycles. The Balaban J connectivity index is 1.66. The van der Waals surface area contributed by atoms with Crippen molar-refractivity contribution in [3.8, 4) is 17.2 Å². The van der Waals surface area contributed by atoms with Gasteiger partial charge in [0.05, 0.1) is 25.0 Å². The number of rotatable bonds is 9. The van der Waals surface area contributed by atoms with Crippen molar-refractivity contribution in [2.75, 3.05) is 13.7 Å². The van der Waals surface area contributed by atoms with Gasteiger partial charge in [0, 0.05) is 5.56 Å². The molecular formula is C24H23ClN2O6S. The highest BCUT2D eigenvalue weighted by molar-refractivity contribution is 7.87. The number of hydrogen-bond acceptors (Lipinski definition) is 7. The molecule has 8 nitrogen and oxygen atoms in total. The maximum atomic E-state index is 12.5. The zero-order chi connectivity index (χ0) is 24.7. The maximum Gasteiger partial charge on any atom is 0.339 e. The number of hydrazone groups is 1. The van der Waals surface area contributed by atoms with Crippen LogP contribution in [-0.2, 0) is 10.1 Å². The van der Waals surface area contributed by atoms with E-state index in [1.54, 1.807) is 36.4 Å². The number of aryl methyl sites for hydroxylation is 1. The van der Waals surface area contributed by atoms with Gasteiger partial charge in [-0.25, -0.2) is 5.43 Å². The molecule has 3 rings (SSSR count). The summed E-state index contributed by atoms with van der Waals surface area (Å²) >= 11 is 6.20. The summed E-state index contributed by atoms with van der Waals surface area (Å²) in [5, 5.41) is 3.99. The first-order valence-corrected chi connectivity index (χ1v) is 12.0. The topological polar surface area (TPSA) is 103 Å². The zero-order valence-electron chi connectivity index (χ0n) is 18.7.